The van der Waals surface area contributed by atoms with E-state index in [-0.39, 0.29) is 34.1 Å². The van der Waals surface area contributed by atoms with E-state index in [1.165, 1.54) is 35.4 Å². The van der Waals surface area contributed by atoms with Gasteiger partial charge in [-0.1, -0.05) is 163 Å². The zero-order valence-electron chi connectivity index (χ0n) is 41.7. The highest BCUT2D eigenvalue weighted by molar-refractivity contribution is 6.12. The standard InChI is InChI=1S/C68H53F4N/c1-67(2,3)51-37-50(38-52(41-51)68(4,5)6)57-21-11-16-26-64(57)73-65-29-27-42(44-31-46(53-17-7-12-22-60(53)69)35-47(32-44)54-18-8-13-23-61(54)70)39-58(65)59-40-43(28-30-66(59)73)45-33-48(55-19-9-14-24-62(55)71)36-49(34-45)56-20-10-15-25-63(56)72/h7-41H,1-6H3. The third-order valence-electron chi connectivity index (χ3n) is 14.2. The van der Waals surface area contributed by atoms with E-state index in [0.717, 1.165) is 60.9 Å². The minimum Gasteiger partial charge on any atom is -0.309 e. The highest BCUT2D eigenvalue weighted by Crippen LogP contribution is 2.44. The second kappa shape index (κ2) is 18.4. The van der Waals surface area contributed by atoms with Gasteiger partial charge in [0.15, 0.2) is 0 Å². The zero-order chi connectivity index (χ0) is 50.8. The molecule has 0 saturated carbocycles. The van der Waals surface area contributed by atoms with Crippen molar-refractivity contribution in [1.29, 1.82) is 0 Å². The third kappa shape index (κ3) is 8.95. The van der Waals surface area contributed by atoms with E-state index < -0.39 is 0 Å². The Morgan fingerprint density at radius 3 is 0.918 bits per heavy atom. The molecule has 0 radical (unpaired) electrons. The predicted molar refractivity (Wildman–Crippen MR) is 296 cm³/mol. The summed E-state index contributed by atoms with van der Waals surface area (Å²) in [6.07, 6.45) is 0. The summed E-state index contributed by atoms with van der Waals surface area (Å²) >= 11 is 0. The summed E-state index contributed by atoms with van der Waals surface area (Å²) in [4.78, 5) is 0. The molecule has 1 heterocycles. The van der Waals surface area contributed by atoms with E-state index in [2.05, 4.69) is 125 Å². The average Bonchev–Trinajstić information content (AvgIpc) is 3.71. The number of halogens is 4. The maximum Gasteiger partial charge on any atom is 0.131 e. The van der Waals surface area contributed by atoms with Crippen LogP contribution in [0.4, 0.5) is 17.6 Å². The van der Waals surface area contributed by atoms with Crippen molar-refractivity contribution in [3.05, 3.63) is 247 Å². The lowest BCUT2D eigenvalue weighted by molar-refractivity contribution is 0.569. The Morgan fingerprint density at radius 2 is 0.575 bits per heavy atom. The summed E-state index contributed by atoms with van der Waals surface area (Å²) < 4.78 is 64.9. The van der Waals surface area contributed by atoms with Crippen LogP contribution in [0.15, 0.2) is 212 Å². The van der Waals surface area contributed by atoms with Crippen LogP contribution in [-0.4, -0.2) is 4.57 Å². The van der Waals surface area contributed by atoms with E-state index in [4.69, 9.17) is 0 Å². The first kappa shape index (κ1) is 47.1. The second-order valence-corrected chi connectivity index (χ2v) is 21.1. The van der Waals surface area contributed by atoms with Crippen molar-refractivity contribution in [2.45, 2.75) is 52.4 Å². The lowest BCUT2D eigenvalue weighted by atomic mass is 9.79. The van der Waals surface area contributed by atoms with Crippen LogP contribution in [0, 0.1) is 23.3 Å². The summed E-state index contributed by atoms with van der Waals surface area (Å²) in [5.41, 5.74) is 14.9. The van der Waals surface area contributed by atoms with Crippen LogP contribution in [-0.2, 0) is 10.8 Å². The van der Waals surface area contributed by atoms with Gasteiger partial charge in [0.05, 0.1) is 16.7 Å². The van der Waals surface area contributed by atoms with Gasteiger partial charge in [-0.25, -0.2) is 17.6 Å². The first-order valence-electron chi connectivity index (χ1n) is 24.7. The number of hydrogen-bond donors (Lipinski definition) is 0. The molecule has 0 amide bonds. The van der Waals surface area contributed by atoms with Gasteiger partial charge < -0.3 is 4.57 Å². The monoisotopic (exact) mass is 959 g/mol. The molecule has 1 nitrogen and oxygen atoms in total. The molecule has 0 bridgehead atoms. The number of para-hydroxylation sites is 1. The largest absolute Gasteiger partial charge is 0.309 e. The van der Waals surface area contributed by atoms with Crippen LogP contribution in [0.2, 0.25) is 0 Å². The molecule has 5 heteroatoms. The topological polar surface area (TPSA) is 4.93 Å². The summed E-state index contributed by atoms with van der Waals surface area (Å²) in [6, 6.07) is 66.5. The van der Waals surface area contributed by atoms with Crippen molar-refractivity contribution in [1.82, 2.24) is 4.57 Å². The molecule has 10 aromatic carbocycles. The highest BCUT2D eigenvalue weighted by atomic mass is 19.1. The van der Waals surface area contributed by atoms with Crippen LogP contribution < -0.4 is 0 Å². The lowest BCUT2D eigenvalue weighted by Gasteiger charge is -2.27. The van der Waals surface area contributed by atoms with Gasteiger partial charge in [0.2, 0.25) is 0 Å². The van der Waals surface area contributed by atoms with E-state index in [0.29, 0.717) is 44.5 Å². The van der Waals surface area contributed by atoms with Gasteiger partial charge in [-0.05, 0) is 163 Å². The summed E-state index contributed by atoms with van der Waals surface area (Å²) in [5.74, 6) is -1.49. The number of hydrogen-bond acceptors (Lipinski definition) is 0. The van der Waals surface area contributed by atoms with Gasteiger partial charge >= 0.3 is 0 Å². The molecule has 11 aromatic rings. The number of rotatable bonds is 8. The van der Waals surface area contributed by atoms with Crippen molar-refractivity contribution < 1.29 is 17.6 Å². The van der Waals surface area contributed by atoms with Crippen LogP contribution in [0.25, 0.3) is 105 Å². The van der Waals surface area contributed by atoms with Crippen LogP contribution in [0.3, 0.4) is 0 Å². The van der Waals surface area contributed by atoms with Crippen LogP contribution in [0.5, 0.6) is 0 Å². The minimum absolute atomic E-state index is 0.101. The summed E-state index contributed by atoms with van der Waals surface area (Å²) in [7, 11) is 0. The second-order valence-electron chi connectivity index (χ2n) is 21.1. The Bertz CT molecular complexity index is 3580. The van der Waals surface area contributed by atoms with Crippen molar-refractivity contribution in [3.8, 4) is 83.6 Å². The Morgan fingerprint density at radius 1 is 0.274 bits per heavy atom. The highest BCUT2D eigenvalue weighted by Gasteiger charge is 2.24. The van der Waals surface area contributed by atoms with E-state index in [1.54, 1.807) is 72.8 Å². The third-order valence-corrected chi connectivity index (χ3v) is 14.2. The predicted octanol–water partition coefficient (Wildman–Crippen LogP) is 19.6. The van der Waals surface area contributed by atoms with Crippen molar-refractivity contribution in [2.24, 2.45) is 0 Å². The smallest absolute Gasteiger partial charge is 0.131 e. The Labute approximate surface area is 424 Å². The fourth-order valence-corrected chi connectivity index (χ4v) is 10.2. The molecular weight excluding hydrogens is 907 g/mol. The van der Waals surface area contributed by atoms with E-state index >= 15 is 17.6 Å². The summed E-state index contributed by atoms with van der Waals surface area (Å²) in [5, 5.41) is 1.90. The molecule has 0 aliphatic carbocycles. The molecule has 0 aliphatic rings. The first-order valence-corrected chi connectivity index (χ1v) is 24.7. The molecule has 0 spiro atoms. The Kier molecular flexibility index (Phi) is 11.9. The molecule has 11 rings (SSSR count). The maximum atomic E-state index is 15.6. The lowest BCUT2D eigenvalue weighted by Crippen LogP contribution is -2.16. The Balaban J connectivity index is 1.19. The van der Waals surface area contributed by atoms with Crippen molar-refractivity contribution in [3.63, 3.8) is 0 Å². The first-order chi connectivity index (χ1) is 35.1. The van der Waals surface area contributed by atoms with Gasteiger partial charge in [-0.3, -0.25) is 0 Å². The molecule has 0 atom stereocenters. The quantitative estimate of drug-likeness (QED) is 0.134. The molecule has 0 N–H and O–H groups in total. The molecule has 73 heavy (non-hydrogen) atoms. The maximum absolute atomic E-state index is 15.6. The molecule has 0 unspecified atom stereocenters. The van der Waals surface area contributed by atoms with Crippen molar-refractivity contribution >= 4 is 21.8 Å². The normalized spacial score (nSPS) is 12.0. The van der Waals surface area contributed by atoms with E-state index in [9.17, 15) is 0 Å². The average molecular weight is 960 g/mol. The molecule has 0 aliphatic heterocycles. The summed E-state index contributed by atoms with van der Waals surface area (Å²) in [6.45, 7) is 13.5. The van der Waals surface area contributed by atoms with Gasteiger partial charge in [0.1, 0.15) is 23.3 Å². The van der Waals surface area contributed by atoms with Gasteiger partial charge in [-0.15, -0.1) is 0 Å². The fourth-order valence-electron chi connectivity index (χ4n) is 10.2. The van der Waals surface area contributed by atoms with Crippen LogP contribution in [0.1, 0.15) is 52.7 Å². The SMILES string of the molecule is CC(C)(C)c1cc(-c2ccccc2-n2c3ccc(-c4cc(-c5ccccc5F)cc(-c5ccccc5F)c4)cc3c3cc(-c4cc(-c5ccccc5F)cc(-c5ccccc5F)c4)ccc32)cc(C(C)(C)C)c1. The number of aromatic nitrogens is 1. The number of nitrogens with zero attached hydrogens (tertiary/aromatic N) is 1. The molecule has 0 fully saturated rings. The number of benzene rings is 10. The van der Waals surface area contributed by atoms with E-state index in [1.807, 2.05) is 36.4 Å². The van der Waals surface area contributed by atoms with Crippen LogP contribution >= 0.6 is 0 Å². The molecule has 0 saturated heterocycles. The molecule has 1 aromatic heterocycles. The Hall–Kier alpha value is -8.28. The minimum atomic E-state index is -0.372. The fraction of sp³-hybridized carbons (Fsp3) is 0.118. The van der Waals surface area contributed by atoms with Gasteiger partial charge in [0.25, 0.3) is 0 Å². The number of fused-ring (bicyclic) bond motifs is 3. The van der Waals surface area contributed by atoms with Gasteiger partial charge in [-0.2, -0.15) is 0 Å². The molecular formula is C68H53F4N. The molecule has 358 valence electrons. The van der Waals surface area contributed by atoms with Crippen molar-refractivity contribution in [2.75, 3.05) is 0 Å². The zero-order valence-corrected chi connectivity index (χ0v) is 41.7. The van der Waals surface area contributed by atoms with Gasteiger partial charge in [0, 0.05) is 38.6 Å².